The van der Waals surface area contributed by atoms with Crippen molar-refractivity contribution in [3.05, 3.63) is 47.5 Å². The summed E-state index contributed by atoms with van der Waals surface area (Å²) in [6.45, 7) is 1.40. The molecule has 0 aromatic heterocycles. The van der Waals surface area contributed by atoms with Gasteiger partial charge in [-0.25, -0.2) is 0 Å². The van der Waals surface area contributed by atoms with Gasteiger partial charge in [0, 0.05) is 0 Å². The summed E-state index contributed by atoms with van der Waals surface area (Å²) < 4.78 is 27.0. The van der Waals surface area contributed by atoms with E-state index in [1.807, 2.05) is 12.1 Å². The van der Waals surface area contributed by atoms with E-state index in [4.69, 9.17) is 23.7 Å². The summed E-state index contributed by atoms with van der Waals surface area (Å²) in [5, 5.41) is 60.3. The molecule has 7 atom stereocenters. The van der Waals surface area contributed by atoms with Crippen molar-refractivity contribution in [1.82, 2.24) is 0 Å². The third-order valence-corrected chi connectivity index (χ3v) is 6.29. The molecule has 11 heteroatoms. The Balaban J connectivity index is 1.52. The van der Waals surface area contributed by atoms with Crippen LogP contribution in [0.15, 0.2) is 36.4 Å². The molecule has 2 aromatic rings. The van der Waals surface area contributed by atoms with Crippen LogP contribution >= 0.6 is 0 Å². The van der Waals surface area contributed by atoms with Gasteiger partial charge < -0.3 is 54.3 Å². The largest absolute Gasteiger partial charge is 0.502 e. The Labute approximate surface area is 215 Å². The van der Waals surface area contributed by atoms with Crippen molar-refractivity contribution in [1.29, 1.82) is 0 Å². The fourth-order valence-corrected chi connectivity index (χ4v) is 4.04. The summed E-state index contributed by atoms with van der Waals surface area (Å²) in [6.07, 6.45) is -6.46. The normalized spacial score (nSPS) is 25.4. The van der Waals surface area contributed by atoms with E-state index in [0.29, 0.717) is 24.2 Å². The van der Waals surface area contributed by atoms with Crippen LogP contribution in [-0.4, -0.2) is 94.9 Å². The Bertz CT molecular complexity index is 958. The van der Waals surface area contributed by atoms with E-state index in [0.717, 1.165) is 5.56 Å². The van der Waals surface area contributed by atoms with Crippen molar-refractivity contribution >= 4 is 0 Å². The van der Waals surface area contributed by atoms with Gasteiger partial charge in [-0.1, -0.05) is 12.1 Å². The van der Waals surface area contributed by atoms with Crippen LogP contribution in [0.3, 0.4) is 0 Å². The third-order valence-electron chi connectivity index (χ3n) is 6.29. The topological polar surface area (TPSA) is 168 Å². The molecule has 0 radical (unpaired) electrons. The molecular formula is C26H36O11. The molecule has 2 aromatic carbocycles. The molecule has 0 aliphatic carbocycles. The summed E-state index contributed by atoms with van der Waals surface area (Å²) in [5.74, 6) is 0.477. The van der Waals surface area contributed by atoms with Crippen LogP contribution in [0.4, 0.5) is 0 Å². The van der Waals surface area contributed by atoms with E-state index in [1.54, 1.807) is 19.1 Å². The second-order valence-electron chi connectivity index (χ2n) is 8.86. The van der Waals surface area contributed by atoms with Crippen molar-refractivity contribution in [2.24, 2.45) is 0 Å². The van der Waals surface area contributed by atoms with E-state index in [1.165, 1.54) is 26.4 Å². The van der Waals surface area contributed by atoms with E-state index in [9.17, 15) is 30.6 Å². The number of benzene rings is 2. The van der Waals surface area contributed by atoms with Gasteiger partial charge in [0.15, 0.2) is 23.9 Å². The first kappa shape index (κ1) is 28.9. The lowest BCUT2D eigenvalue weighted by Crippen LogP contribution is -2.57. The van der Waals surface area contributed by atoms with Crippen molar-refractivity contribution in [3.63, 3.8) is 0 Å². The molecule has 0 unspecified atom stereocenters. The van der Waals surface area contributed by atoms with Crippen molar-refractivity contribution in [3.8, 4) is 23.0 Å². The number of hydrogen-bond donors (Lipinski definition) is 6. The number of aliphatic hydroxyl groups excluding tert-OH is 5. The highest BCUT2D eigenvalue weighted by atomic mass is 16.7. The van der Waals surface area contributed by atoms with Crippen molar-refractivity contribution in [2.75, 3.05) is 27.4 Å². The van der Waals surface area contributed by atoms with Crippen LogP contribution in [-0.2, 0) is 15.9 Å². The van der Waals surface area contributed by atoms with Crippen molar-refractivity contribution in [2.45, 2.75) is 62.7 Å². The number of aryl methyl sites for hydroxylation is 1. The van der Waals surface area contributed by atoms with E-state index in [2.05, 4.69) is 0 Å². The molecule has 1 aliphatic heterocycles. The van der Waals surface area contributed by atoms with E-state index in [-0.39, 0.29) is 23.9 Å². The number of phenols is 1. The average Bonchev–Trinajstić information content (AvgIpc) is 2.91. The van der Waals surface area contributed by atoms with Crippen LogP contribution in [0.25, 0.3) is 0 Å². The SMILES string of the molecule is COc1cc([C@@H](O)[C@@H](CO)Oc2ccc(CCCO[C@H]3O[C@@H](C)[C@H](O)[C@@H](O)[C@H]3O)cc2)cc(OC)c1O. The number of hydrogen-bond acceptors (Lipinski definition) is 11. The smallest absolute Gasteiger partial charge is 0.200 e. The quantitative estimate of drug-likeness (QED) is 0.216. The molecule has 0 spiro atoms. The molecular weight excluding hydrogens is 488 g/mol. The number of methoxy groups -OCH3 is 2. The minimum Gasteiger partial charge on any atom is -0.502 e. The number of aromatic hydroxyl groups is 1. The first-order valence-electron chi connectivity index (χ1n) is 12.0. The summed E-state index contributed by atoms with van der Waals surface area (Å²) >= 11 is 0. The predicted octanol–water partition coefficient (Wildman–Crippen LogP) is 0.659. The molecule has 1 aliphatic rings. The molecule has 1 fully saturated rings. The summed E-state index contributed by atoms with van der Waals surface area (Å²) in [4.78, 5) is 0. The molecule has 6 N–H and O–H groups in total. The fraction of sp³-hybridized carbons (Fsp3) is 0.538. The molecule has 0 saturated carbocycles. The van der Waals surface area contributed by atoms with Crippen LogP contribution in [0.1, 0.15) is 30.6 Å². The highest BCUT2D eigenvalue weighted by molar-refractivity contribution is 5.53. The van der Waals surface area contributed by atoms with E-state index >= 15 is 0 Å². The maximum absolute atomic E-state index is 10.8. The van der Waals surface area contributed by atoms with Gasteiger partial charge in [-0.3, -0.25) is 0 Å². The van der Waals surface area contributed by atoms with Crippen molar-refractivity contribution < 1.29 is 54.3 Å². The number of ether oxygens (including phenoxy) is 5. The predicted molar refractivity (Wildman–Crippen MR) is 131 cm³/mol. The lowest BCUT2D eigenvalue weighted by atomic mass is 10.00. The highest BCUT2D eigenvalue weighted by Crippen LogP contribution is 2.39. The number of aliphatic hydroxyl groups is 5. The maximum atomic E-state index is 10.8. The Morgan fingerprint density at radius 1 is 0.946 bits per heavy atom. The summed E-state index contributed by atoms with van der Waals surface area (Å²) in [5.41, 5.74) is 1.32. The first-order chi connectivity index (χ1) is 17.7. The Morgan fingerprint density at radius 3 is 2.14 bits per heavy atom. The first-order valence-corrected chi connectivity index (χ1v) is 12.0. The van der Waals surface area contributed by atoms with Gasteiger partial charge in [-0.05, 0) is 55.2 Å². The maximum Gasteiger partial charge on any atom is 0.200 e. The minimum atomic E-state index is -1.33. The second kappa shape index (κ2) is 13.2. The lowest BCUT2D eigenvalue weighted by Gasteiger charge is -2.38. The summed E-state index contributed by atoms with van der Waals surface area (Å²) in [7, 11) is 2.75. The monoisotopic (exact) mass is 524 g/mol. The fourth-order valence-electron chi connectivity index (χ4n) is 4.04. The van der Waals surface area contributed by atoms with Gasteiger partial charge >= 0.3 is 0 Å². The Morgan fingerprint density at radius 2 is 1.57 bits per heavy atom. The van der Waals surface area contributed by atoms with Crippen LogP contribution in [0, 0.1) is 0 Å². The zero-order valence-electron chi connectivity index (χ0n) is 21.1. The molecule has 11 nitrogen and oxygen atoms in total. The highest BCUT2D eigenvalue weighted by Gasteiger charge is 2.42. The van der Waals surface area contributed by atoms with Gasteiger partial charge in [0.25, 0.3) is 0 Å². The van der Waals surface area contributed by atoms with Gasteiger partial charge in [0.05, 0.1) is 33.5 Å². The average molecular weight is 525 g/mol. The van der Waals surface area contributed by atoms with Gasteiger partial charge in [-0.15, -0.1) is 0 Å². The van der Waals surface area contributed by atoms with Crippen LogP contribution in [0.5, 0.6) is 23.0 Å². The molecule has 1 heterocycles. The van der Waals surface area contributed by atoms with E-state index < -0.39 is 49.5 Å². The van der Waals surface area contributed by atoms with Crippen LogP contribution in [0.2, 0.25) is 0 Å². The lowest BCUT2D eigenvalue weighted by molar-refractivity contribution is -0.293. The van der Waals surface area contributed by atoms with Gasteiger partial charge in [0.1, 0.15) is 30.2 Å². The molecule has 1 saturated heterocycles. The molecule has 0 amide bonds. The molecule has 206 valence electrons. The standard InChI is InChI=1S/C26H36O11/c1-14-21(28)24(31)25(32)26(36-14)35-10-4-5-15-6-8-17(9-7-15)37-20(13-27)22(29)16-11-18(33-2)23(30)19(12-16)34-3/h6-9,11-12,14,20-22,24-32H,4-5,10,13H2,1-3H3/t14-,20+,21-,22+,24+,25+,26-/m0/s1. The molecule has 0 bridgehead atoms. The van der Waals surface area contributed by atoms with Gasteiger partial charge in [-0.2, -0.15) is 0 Å². The zero-order valence-corrected chi connectivity index (χ0v) is 21.1. The molecule has 37 heavy (non-hydrogen) atoms. The molecule has 3 rings (SSSR count). The Kier molecular flexibility index (Phi) is 10.4. The second-order valence-corrected chi connectivity index (χ2v) is 8.86. The minimum absolute atomic E-state index is 0.117. The number of phenolic OH excluding ortho intramolecular Hbond substituents is 1. The zero-order chi connectivity index (χ0) is 27.1. The number of rotatable bonds is 12. The Hall–Kier alpha value is -2.64. The van der Waals surface area contributed by atoms with Crippen LogP contribution < -0.4 is 14.2 Å². The third kappa shape index (κ3) is 7.02. The summed E-state index contributed by atoms with van der Waals surface area (Å²) in [6, 6.07) is 10.0. The van der Waals surface area contributed by atoms with Gasteiger partial charge in [0.2, 0.25) is 5.75 Å².